The molecule has 1 saturated heterocycles. The number of benzene rings is 2. The van der Waals surface area contributed by atoms with Crippen LogP contribution in [0.1, 0.15) is 55.6 Å². The molecular formula is C27H33F3N2O. The number of hydrogen-bond acceptors (Lipinski definition) is 2. The Labute approximate surface area is 194 Å². The summed E-state index contributed by atoms with van der Waals surface area (Å²) in [7, 11) is 0. The lowest BCUT2D eigenvalue weighted by Crippen LogP contribution is -2.52. The number of amides is 1. The average Bonchev–Trinajstić information content (AvgIpc) is 2.78. The molecule has 0 N–H and O–H groups in total. The van der Waals surface area contributed by atoms with Crippen LogP contribution in [-0.4, -0.2) is 47.9 Å². The standard InChI is InChI=1S/C27H33F3N2O/c1-20(2)18-24(19-26(3,4)22-10-12-23(13-11-22)27(28,29)30)31-14-16-32(17-15-31)25(33)21-8-6-5-7-9-21/h5-13,18,24H,14-17,19H2,1-4H3. The van der Waals surface area contributed by atoms with E-state index >= 15 is 0 Å². The SMILES string of the molecule is CC(C)=CC(CC(C)(C)c1ccc(C(F)(F)F)cc1)N1CCN(C(=O)c2ccccc2)CC1. The van der Waals surface area contributed by atoms with E-state index in [2.05, 4.69) is 38.7 Å². The Kier molecular flexibility index (Phi) is 7.68. The number of piperazine rings is 1. The highest BCUT2D eigenvalue weighted by Gasteiger charge is 2.33. The number of allylic oxidation sites excluding steroid dienone is 1. The first-order valence-electron chi connectivity index (χ1n) is 11.4. The Morgan fingerprint density at radius 2 is 1.45 bits per heavy atom. The van der Waals surface area contributed by atoms with Crippen molar-refractivity contribution in [1.29, 1.82) is 0 Å². The van der Waals surface area contributed by atoms with Crippen LogP contribution in [0.4, 0.5) is 13.2 Å². The molecule has 0 bridgehead atoms. The van der Waals surface area contributed by atoms with Gasteiger partial charge in [-0.15, -0.1) is 0 Å². The fourth-order valence-corrected chi connectivity index (χ4v) is 4.45. The van der Waals surface area contributed by atoms with Gasteiger partial charge in [-0.3, -0.25) is 9.69 Å². The normalized spacial score (nSPS) is 16.4. The summed E-state index contributed by atoms with van der Waals surface area (Å²) < 4.78 is 38.9. The summed E-state index contributed by atoms with van der Waals surface area (Å²) in [6.07, 6.45) is -1.32. The minimum atomic E-state index is -4.33. The van der Waals surface area contributed by atoms with Gasteiger partial charge in [-0.1, -0.05) is 55.8 Å². The lowest BCUT2D eigenvalue weighted by molar-refractivity contribution is -0.137. The maximum Gasteiger partial charge on any atom is 0.416 e. The van der Waals surface area contributed by atoms with E-state index in [0.29, 0.717) is 18.7 Å². The van der Waals surface area contributed by atoms with E-state index in [1.54, 1.807) is 12.1 Å². The Bertz CT molecular complexity index is 953. The van der Waals surface area contributed by atoms with Crippen LogP contribution in [0.15, 0.2) is 66.2 Å². The number of rotatable bonds is 6. The van der Waals surface area contributed by atoms with Gasteiger partial charge in [0, 0.05) is 37.8 Å². The fourth-order valence-electron chi connectivity index (χ4n) is 4.45. The van der Waals surface area contributed by atoms with Gasteiger partial charge in [-0.05, 0) is 55.5 Å². The molecule has 3 nitrogen and oxygen atoms in total. The van der Waals surface area contributed by atoms with Crippen molar-refractivity contribution < 1.29 is 18.0 Å². The zero-order valence-corrected chi connectivity index (χ0v) is 19.8. The molecule has 1 fully saturated rings. The second kappa shape index (κ2) is 10.1. The third-order valence-corrected chi connectivity index (χ3v) is 6.33. The van der Waals surface area contributed by atoms with Crippen LogP contribution in [0.25, 0.3) is 0 Å². The lowest BCUT2D eigenvalue weighted by Gasteiger charge is -2.41. The third-order valence-electron chi connectivity index (χ3n) is 6.33. The quantitative estimate of drug-likeness (QED) is 0.484. The molecule has 1 aliphatic heterocycles. The monoisotopic (exact) mass is 458 g/mol. The summed E-state index contributed by atoms with van der Waals surface area (Å²) >= 11 is 0. The Balaban J connectivity index is 1.70. The molecule has 6 heteroatoms. The molecule has 1 unspecified atom stereocenters. The molecule has 33 heavy (non-hydrogen) atoms. The van der Waals surface area contributed by atoms with Crippen molar-refractivity contribution in [3.8, 4) is 0 Å². The summed E-state index contributed by atoms with van der Waals surface area (Å²) in [6, 6.07) is 15.0. The molecule has 1 heterocycles. The fraction of sp³-hybridized carbons (Fsp3) is 0.444. The van der Waals surface area contributed by atoms with Gasteiger partial charge in [0.2, 0.25) is 0 Å². The summed E-state index contributed by atoms with van der Waals surface area (Å²) in [6.45, 7) is 11.1. The van der Waals surface area contributed by atoms with Gasteiger partial charge in [0.1, 0.15) is 0 Å². The molecule has 178 valence electrons. The van der Waals surface area contributed by atoms with Crippen LogP contribution in [0.3, 0.4) is 0 Å². The van der Waals surface area contributed by atoms with Crippen LogP contribution >= 0.6 is 0 Å². The zero-order valence-electron chi connectivity index (χ0n) is 19.8. The van der Waals surface area contributed by atoms with Crippen LogP contribution in [0.2, 0.25) is 0 Å². The van der Waals surface area contributed by atoms with E-state index in [-0.39, 0.29) is 17.4 Å². The number of alkyl halides is 3. The minimum absolute atomic E-state index is 0.0547. The summed E-state index contributed by atoms with van der Waals surface area (Å²) in [5.41, 5.74) is 1.86. The van der Waals surface area contributed by atoms with Gasteiger partial charge < -0.3 is 4.90 Å². The van der Waals surface area contributed by atoms with E-state index in [0.717, 1.165) is 25.1 Å². The molecule has 0 saturated carbocycles. The van der Waals surface area contributed by atoms with Gasteiger partial charge in [-0.2, -0.15) is 13.2 Å². The second-order valence-corrected chi connectivity index (χ2v) is 9.67. The number of carbonyl (C=O) groups excluding carboxylic acids is 1. The van der Waals surface area contributed by atoms with Crippen molar-refractivity contribution in [2.45, 2.75) is 51.7 Å². The highest BCUT2D eigenvalue weighted by Crippen LogP contribution is 2.34. The Morgan fingerprint density at radius 1 is 0.909 bits per heavy atom. The first-order valence-corrected chi connectivity index (χ1v) is 11.4. The first kappa shape index (κ1) is 25.0. The van der Waals surface area contributed by atoms with Crippen molar-refractivity contribution in [2.24, 2.45) is 0 Å². The average molecular weight is 459 g/mol. The number of halogens is 3. The van der Waals surface area contributed by atoms with Crippen LogP contribution in [-0.2, 0) is 11.6 Å². The second-order valence-electron chi connectivity index (χ2n) is 9.67. The molecule has 2 aromatic rings. The molecule has 0 aliphatic carbocycles. The molecule has 1 atom stereocenters. The van der Waals surface area contributed by atoms with E-state index in [9.17, 15) is 18.0 Å². The predicted octanol–water partition coefficient (Wildman–Crippen LogP) is 6.17. The molecule has 0 spiro atoms. The minimum Gasteiger partial charge on any atom is -0.336 e. The van der Waals surface area contributed by atoms with E-state index < -0.39 is 11.7 Å². The van der Waals surface area contributed by atoms with E-state index in [1.807, 2.05) is 35.2 Å². The van der Waals surface area contributed by atoms with Gasteiger partial charge in [0.05, 0.1) is 5.56 Å². The van der Waals surface area contributed by atoms with Crippen molar-refractivity contribution in [3.05, 3.63) is 82.9 Å². The Morgan fingerprint density at radius 3 is 1.97 bits per heavy atom. The molecule has 3 rings (SSSR count). The number of nitrogens with zero attached hydrogens (tertiary/aromatic N) is 2. The van der Waals surface area contributed by atoms with Crippen LogP contribution in [0, 0.1) is 0 Å². The van der Waals surface area contributed by atoms with Gasteiger partial charge in [-0.25, -0.2) is 0 Å². The van der Waals surface area contributed by atoms with Gasteiger partial charge >= 0.3 is 6.18 Å². The topological polar surface area (TPSA) is 23.6 Å². The van der Waals surface area contributed by atoms with Gasteiger partial charge in [0.15, 0.2) is 0 Å². The van der Waals surface area contributed by atoms with Crippen molar-refractivity contribution in [3.63, 3.8) is 0 Å². The smallest absolute Gasteiger partial charge is 0.336 e. The highest BCUT2D eigenvalue weighted by molar-refractivity contribution is 5.94. The van der Waals surface area contributed by atoms with Crippen LogP contribution in [0.5, 0.6) is 0 Å². The summed E-state index contributed by atoms with van der Waals surface area (Å²) in [4.78, 5) is 17.1. The maximum absolute atomic E-state index is 13.0. The molecule has 0 aromatic heterocycles. The lowest BCUT2D eigenvalue weighted by atomic mass is 9.78. The molecule has 1 amide bonds. The summed E-state index contributed by atoms with van der Waals surface area (Å²) in [5, 5.41) is 0. The molecule has 2 aromatic carbocycles. The number of carbonyl (C=O) groups is 1. The zero-order chi connectivity index (χ0) is 24.2. The first-order chi connectivity index (χ1) is 15.5. The summed E-state index contributed by atoms with van der Waals surface area (Å²) in [5.74, 6) is 0.0547. The van der Waals surface area contributed by atoms with Crippen molar-refractivity contribution in [1.82, 2.24) is 9.80 Å². The highest BCUT2D eigenvalue weighted by atomic mass is 19.4. The van der Waals surface area contributed by atoms with E-state index in [1.165, 1.54) is 17.7 Å². The van der Waals surface area contributed by atoms with Crippen molar-refractivity contribution in [2.75, 3.05) is 26.2 Å². The third kappa shape index (κ3) is 6.47. The molecule has 0 radical (unpaired) electrons. The predicted molar refractivity (Wildman–Crippen MR) is 126 cm³/mol. The van der Waals surface area contributed by atoms with E-state index in [4.69, 9.17) is 0 Å². The maximum atomic E-state index is 13.0. The van der Waals surface area contributed by atoms with Gasteiger partial charge in [0.25, 0.3) is 5.91 Å². The molecular weight excluding hydrogens is 425 g/mol. The largest absolute Gasteiger partial charge is 0.416 e. The number of hydrogen-bond donors (Lipinski definition) is 0. The Hall–Kier alpha value is -2.60. The van der Waals surface area contributed by atoms with Crippen LogP contribution < -0.4 is 0 Å². The van der Waals surface area contributed by atoms with Crippen molar-refractivity contribution >= 4 is 5.91 Å². The molecule has 1 aliphatic rings.